The van der Waals surface area contributed by atoms with Crippen LogP contribution in [0.3, 0.4) is 0 Å². The fraction of sp³-hybridized carbons (Fsp3) is 0.250. The van der Waals surface area contributed by atoms with E-state index in [2.05, 4.69) is 10.3 Å². The molecule has 2 aromatic rings. The summed E-state index contributed by atoms with van der Waals surface area (Å²) in [6.07, 6.45) is 2.55. The zero-order valence-corrected chi connectivity index (χ0v) is 11.7. The Bertz CT molecular complexity index is 738. The molecule has 4 rings (SSSR count). The standard InChI is InChI=1S/C16H14N2O4/c19-15(20)18-10-4-5-13(17-8-10)22-12-3-1-2-11-14(12)16(6-7-16)9-21-11/h1-5,8,18H,6-7,9H2,(H,19,20). The van der Waals surface area contributed by atoms with E-state index in [0.29, 0.717) is 11.6 Å². The van der Waals surface area contributed by atoms with Crippen molar-refractivity contribution < 1.29 is 19.4 Å². The Morgan fingerprint density at radius 3 is 2.86 bits per heavy atom. The highest BCUT2D eigenvalue weighted by Gasteiger charge is 2.52. The molecule has 2 N–H and O–H groups in total. The van der Waals surface area contributed by atoms with Gasteiger partial charge < -0.3 is 14.6 Å². The maximum Gasteiger partial charge on any atom is 0.409 e. The number of carbonyl (C=O) groups is 1. The average molecular weight is 298 g/mol. The fourth-order valence-electron chi connectivity index (χ4n) is 2.82. The molecule has 2 aliphatic rings. The predicted molar refractivity (Wildman–Crippen MR) is 78.8 cm³/mol. The van der Waals surface area contributed by atoms with Gasteiger partial charge in [-0.1, -0.05) is 6.07 Å². The molecule has 22 heavy (non-hydrogen) atoms. The molecule has 6 heteroatoms. The molecule has 0 atom stereocenters. The summed E-state index contributed by atoms with van der Waals surface area (Å²) in [6, 6.07) is 9.03. The molecule has 6 nitrogen and oxygen atoms in total. The highest BCUT2D eigenvalue weighted by molar-refractivity contribution is 5.82. The minimum Gasteiger partial charge on any atom is -0.492 e. The van der Waals surface area contributed by atoms with Gasteiger partial charge in [-0.15, -0.1) is 0 Å². The minimum atomic E-state index is -1.12. The number of aromatic nitrogens is 1. The number of nitrogens with one attached hydrogen (secondary N) is 1. The van der Waals surface area contributed by atoms with Crippen molar-refractivity contribution in [3.05, 3.63) is 42.1 Å². The molecular formula is C16H14N2O4. The number of rotatable bonds is 3. The summed E-state index contributed by atoms with van der Waals surface area (Å²) < 4.78 is 11.6. The molecule has 1 saturated carbocycles. The molecule has 112 valence electrons. The summed E-state index contributed by atoms with van der Waals surface area (Å²) in [4.78, 5) is 14.7. The van der Waals surface area contributed by atoms with E-state index in [4.69, 9.17) is 14.6 Å². The van der Waals surface area contributed by atoms with Crippen molar-refractivity contribution in [3.63, 3.8) is 0 Å². The lowest BCUT2D eigenvalue weighted by Gasteiger charge is -2.12. The lowest BCUT2D eigenvalue weighted by atomic mass is 9.97. The van der Waals surface area contributed by atoms with Gasteiger partial charge in [0, 0.05) is 17.0 Å². The molecule has 1 aliphatic carbocycles. The van der Waals surface area contributed by atoms with Crippen molar-refractivity contribution >= 4 is 11.8 Å². The number of carboxylic acid groups (broad SMARTS) is 1. The summed E-state index contributed by atoms with van der Waals surface area (Å²) >= 11 is 0. The van der Waals surface area contributed by atoms with Gasteiger partial charge in [-0.3, -0.25) is 5.32 Å². The van der Waals surface area contributed by atoms with Gasteiger partial charge in [0.2, 0.25) is 5.88 Å². The van der Waals surface area contributed by atoms with E-state index in [1.165, 1.54) is 6.20 Å². The van der Waals surface area contributed by atoms with Crippen LogP contribution in [0.5, 0.6) is 17.4 Å². The van der Waals surface area contributed by atoms with Crippen molar-refractivity contribution in [2.45, 2.75) is 18.3 Å². The number of amides is 1. The Kier molecular flexibility index (Phi) is 2.72. The summed E-state index contributed by atoms with van der Waals surface area (Å²) in [7, 11) is 0. The van der Waals surface area contributed by atoms with Crippen molar-refractivity contribution in [1.29, 1.82) is 0 Å². The second-order valence-corrected chi connectivity index (χ2v) is 5.62. The van der Waals surface area contributed by atoms with Crippen molar-refractivity contribution in [1.82, 2.24) is 4.98 Å². The Morgan fingerprint density at radius 2 is 2.18 bits per heavy atom. The summed E-state index contributed by atoms with van der Waals surface area (Å²) in [5.41, 5.74) is 1.65. The average Bonchev–Trinajstić information content (AvgIpc) is 3.17. The van der Waals surface area contributed by atoms with Crippen LogP contribution in [0, 0.1) is 0 Å². The van der Waals surface area contributed by atoms with E-state index in [1.54, 1.807) is 12.1 Å². The number of nitrogens with zero attached hydrogens (tertiary/aromatic N) is 1. The molecule has 1 fully saturated rings. The number of hydrogen-bond acceptors (Lipinski definition) is 4. The molecule has 0 radical (unpaired) electrons. The van der Waals surface area contributed by atoms with Gasteiger partial charge in [0.05, 0.1) is 18.5 Å². The van der Waals surface area contributed by atoms with E-state index in [0.717, 1.165) is 36.5 Å². The minimum absolute atomic E-state index is 0.122. The summed E-state index contributed by atoms with van der Waals surface area (Å²) in [5.74, 6) is 2.07. The monoisotopic (exact) mass is 298 g/mol. The first kappa shape index (κ1) is 12.9. The Hall–Kier alpha value is -2.76. The third-order valence-corrected chi connectivity index (χ3v) is 4.08. The molecule has 1 amide bonds. The van der Waals surface area contributed by atoms with Crippen LogP contribution in [-0.2, 0) is 5.41 Å². The smallest absolute Gasteiger partial charge is 0.409 e. The Balaban J connectivity index is 1.60. The number of benzene rings is 1. The zero-order valence-electron chi connectivity index (χ0n) is 11.7. The molecular weight excluding hydrogens is 284 g/mol. The number of ether oxygens (including phenoxy) is 2. The van der Waals surface area contributed by atoms with Crippen LogP contribution in [0.1, 0.15) is 18.4 Å². The normalized spacial score (nSPS) is 16.7. The number of fused-ring (bicyclic) bond motifs is 2. The first-order valence-corrected chi connectivity index (χ1v) is 7.06. The van der Waals surface area contributed by atoms with Gasteiger partial charge in [-0.05, 0) is 31.0 Å². The lowest BCUT2D eigenvalue weighted by molar-refractivity contribution is 0.209. The van der Waals surface area contributed by atoms with Gasteiger partial charge in [-0.2, -0.15) is 0 Å². The molecule has 0 unspecified atom stereocenters. The second kappa shape index (κ2) is 4.62. The fourth-order valence-corrected chi connectivity index (χ4v) is 2.82. The van der Waals surface area contributed by atoms with Crippen LogP contribution in [0.4, 0.5) is 10.5 Å². The van der Waals surface area contributed by atoms with Crippen LogP contribution in [-0.4, -0.2) is 22.8 Å². The molecule has 0 bridgehead atoms. The van der Waals surface area contributed by atoms with Gasteiger partial charge in [0.15, 0.2) is 0 Å². The molecule has 1 aliphatic heterocycles. The van der Waals surface area contributed by atoms with E-state index in [-0.39, 0.29) is 5.41 Å². The highest BCUT2D eigenvalue weighted by Crippen LogP contribution is 2.58. The second-order valence-electron chi connectivity index (χ2n) is 5.62. The maximum absolute atomic E-state index is 10.6. The Labute approximate surface area is 126 Å². The van der Waals surface area contributed by atoms with Crippen LogP contribution in [0.25, 0.3) is 0 Å². The van der Waals surface area contributed by atoms with Gasteiger partial charge in [0.25, 0.3) is 0 Å². The van der Waals surface area contributed by atoms with Crippen molar-refractivity contribution in [2.75, 3.05) is 11.9 Å². The first-order chi connectivity index (χ1) is 10.7. The van der Waals surface area contributed by atoms with Crippen molar-refractivity contribution in [3.8, 4) is 17.4 Å². The van der Waals surface area contributed by atoms with E-state index in [1.807, 2.05) is 18.2 Å². The molecule has 1 aromatic heterocycles. The molecule has 1 spiro atoms. The largest absolute Gasteiger partial charge is 0.492 e. The van der Waals surface area contributed by atoms with Crippen LogP contribution < -0.4 is 14.8 Å². The summed E-state index contributed by atoms with van der Waals surface area (Å²) in [5, 5.41) is 10.9. The quantitative estimate of drug-likeness (QED) is 0.907. The van der Waals surface area contributed by atoms with Gasteiger partial charge in [-0.25, -0.2) is 9.78 Å². The Morgan fingerprint density at radius 1 is 1.32 bits per heavy atom. The van der Waals surface area contributed by atoms with Crippen LogP contribution >= 0.6 is 0 Å². The van der Waals surface area contributed by atoms with E-state index >= 15 is 0 Å². The number of anilines is 1. The topological polar surface area (TPSA) is 80.7 Å². The van der Waals surface area contributed by atoms with Crippen LogP contribution in [0.2, 0.25) is 0 Å². The molecule has 2 heterocycles. The highest BCUT2D eigenvalue weighted by atomic mass is 16.5. The van der Waals surface area contributed by atoms with Gasteiger partial charge >= 0.3 is 6.09 Å². The summed E-state index contributed by atoms with van der Waals surface area (Å²) in [6.45, 7) is 0.720. The third kappa shape index (κ3) is 2.13. The SMILES string of the molecule is O=C(O)Nc1ccc(Oc2cccc3c2C2(CC2)CO3)nc1. The van der Waals surface area contributed by atoms with Crippen LogP contribution in [0.15, 0.2) is 36.5 Å². The molecule has 0 saturated heterocycles. The predicted octanol–water partition coefficient (Wildman–Crippen LogP) is 3.39. The van der Waals surface area contributed by atoms with Gasteiger partial charge in [0.1, 0.15) is 11.5 Å². The molecule has 1 aromatic carbocycles. The zero-order chi connectivity index (χ0) is 15.2. The van der Waals surface area contributed by atoms with Crippen molar-refractivity contribution in [2.24, 2.45) is 0 Å². The first-order valence-electron chi connectivity index (χ1n) is 7.06. The maximum atomic E-state index is 10.6. The number of pyridine rings is 1. The van der Waals surface area contributed by atoms with E-state index in [9.17, 15) is 4.79 Å². The lowest BCUT2D eigenvalue weighted by Crippen LogP contribution is -2.08. The number of hydrogen-bond donors (Lipinski definition) is 2. The third-order valence-electron chi connectivity index (χ3n) is 4.08. The van der Waals surface area contributed by atoms with E-state index < -0.39 is 6.09 Å².